The predicted octanol–water partition coefficient (Wildman–Crippen LogP) is 5.05. The predicted molar refractivity (Wildman–Crippen MR) is 159 cm³/mol. The molecule has 5 heterocycles. The first-order valence-electron chi connectivity index (χ1n) is 14.4. The molecule has 0 unspecified atom stereocenters. The number of hydrogen-bond donors (Lipinski definition) is 3. The van der Waals surface area contributed by atoms with Gasteiger partial charge in [0.15, 0.2) is 11.6 Å². The van der Waals surface area contributed by atoms with Gasteiger partial charge in [0.2, 0.25) is 17.4 Å². The van der Waals surface area contributed by atoms with Crippen LogP contribution in [0.5, 0.6) is 11.6 Å². The molecule has 0 radical (unpaired) electrons. The van der Waals surface area contributed by atoms with E-state index < -0.39 is 17.4 Å². The lowest BCUT2D eigenvalue weighted by atomic mass is 9.93. The van der Waals surface area contributed by atoms with Crippen LogP contribution in [0, 0.1) is 18.6 Å². The Morgan fingerprint density at radius 3 is 2.65 bits per heavy atom. The Balaban J connectivity index is 1.15. The second kappa shape index (κ2) is 10.9. The monoisotopic (exact) mass is 583 g/mol. The zero-order valence-electron chi connectivity index (χ0n) is 23.7. The first kappa shape index (κ1) is 27.2. The number of ketones is 1. The summed E-state index contributed by atoms with van der Waals surface area (Å²) >= 11 is 0. The molecular formula is C32H31F2N7O2. The number of aryl methyl sites for hydroxylation is 1. The molecule has 43 heavy (non-hydrogen) atoms. The molecule has 0 atom stereocenters. The van der Waals surface area contributed by atoms with Crippen LogP contribution in [0.2, 0.25) is 0 Å². The average Bonchev–Trinajstić information content (AvgIpc) is 3.63. The van der Waals surface area contributed by atoms with Crippen molar-refractivity contribution in [3.63, 3.8) is 0 Å². The smallest absolute Gasteiger partial charge is 0.219 e. The highest BCUT2D eigenvalue weighted by Crippen LogP contribution is 2.32. The van der Waals surface area contributed by atoms with Crippen LogP contribution in [0.1, 0.15) is 45.6 Å². The largest absolute Gasteiger partial charge is 0.433 e. The van der Waals surface area contributed by atoms with Crippen molar-refractivity contribution < 1.29 is 18.3 Å². The maximum atomic E-state index is 14.0. The van der Waals surface area contributed by atoms with Crippen molar-refractivity contribution in [2.45, 2.75) is 38.8 Å². The van der Waals surface area contributed by atoms with E-state index in [9.17, 15) is 13.6 Å². The molecule has 5 aromatic rings. The molecule has 2 aromatic carbocycles. The molecule has 1 fully saturated rings. The lowest BCUT2D eigenvalue weighted by Gasteiger charge is -2.38. The first-order valence-corrected chi connectivity index (χ1v) is 14.4. The Hall–Kier alpha value is -4.61. The summed E-state index contributed by atoms with van der Waals surface area (Å²) in [5.41, 5.74) is 11.8. The third-order valence-corrected chi connectivity index (χ3v) is 8.57. The van der Waals surface area contributed by atoms with Crippen molar-refractivity contribution in [1.82, 2.24) is 30.0 Å². The summed E-state index contributed by atoms with van der Waals surface area (Å²) in [6.07, 6.45) is 6.18. The summed E-state index contributed by atoms with van der Waals surface area (Å²) in [6.45, 7) is 5.79. The zero-order valence-corrected chi connectivity index (χ0v) is 23.7. The van der Waals surface area contributed by atoms with Gasteiger partial charge in [-0.1, -0.05) is 12.1 Å². The summed E-state index contributed by atoms with van der Waals surface area (Å²) in [6, 6.07) is 11.7. The van der Waals surface area contributed by atoms with E-state index in [1.165, 1.54) is 40.3 Å². The number of nitrogens with one attached hydrogen (secondary N) is 2. The van der Waals surface area contributed by atoms with Gasteiger partial charge in [-0.05, 0) is 80.2 Å². The molecule has 9 nitrogen and oxygen atoms in total. The number of anilines is 1. The molecule has 2 aliphatic heterocycles. The molecule has 0 amide bonds. The van der Waals surface area contributed by atoms with E-state index in [-0.39, 0.29) is 23.0 Å². The first-order chi connectivity index (χ1) is 20.9. The number of benzene rings is 2. The number of rotatable bonds is 6. The summed E-state index contributed by atoms with van der Waals surface area (Å²) in [5.74, 6) is -2.30. The number of nitrogens with zero attached hydrogens (tertiary/aromatic N) is 4. The van der Waals surface area contributed by atoms with Crippen LogP contribution in [-0.4, -0.2) is 56.1 Å². The van der Waals surface area contributed by atoms with Gasteiger partial charge in [-0.2, -0.15) is 5.10 Å². The highest BCUT2D eigenvalue weighted by Gasteiger charge is 2.27. The van der Waals surface area contributed by atoms with Crippen molar-refractivity contribution >= 4 is 22.5 Å². The number of ether oxygens (including phenoxy) is 1. The average molecular weight is 584 g/mol. The quantitative estimate of drug-likeness (QED) is 0.240. The van der Waals surface area contributed by atoms with Crippen molar-refractivity contribution in [1.29, 1.82) is 0 Å². The van der Waals surface area contributed by atoms with Crippen LogP contribution in [0.15, 0.2) is 54.9 Å². The molecule has 0 saturated carbocycles. The SMILES string of the molecule is Cc1cc(Oc2c(F)cccc2F)ncc1-n1ncc(C(=O)c2cc3c4c(ccc3[nH]2)CCN(C2CCNCC2)C4)c1N. The number of fused-ring (bicyclic) bond motifs is 3. The molecule has 2 aliphatic rings. The number of hydrogen-bond acceptors (Lipinski definition) is 7. The number of piperidine rings is 1. The van der Waals surface area contributed by atoms with Gasteiger partial charge in [0.1, 0.15) is 5.82 Å². The van der Waals surface area contributed by atoms with E-state index >= 15 is 0 Å². The number of para-hydroxylation sites is 1. The number of aromatic nitrogens is 4. The van der Waals surface area contributed by atoms with Crippen molar-refractivity contribution in [2.75, 3.05) is 25.4 Å². The molecule has 4 N–H and O–H groups in total. The molecule has 1 saturated heterocycles. The highest BCUT2D eigenvalue weighted by atomic mass is 19.1. The second-order valence-electron chi connectivity index (χ2n) is 11.2. The Morgan fingerprint density at radius 1 is 1.09 bits per heavy atom. The van der Waals surface area contributed by atoms with E-state index in [0.29, 0.717) is 23.0 Å². The number of aromatic amines is 1. The van der Waals surface area contributed by atoms with Gasteiger partial charge in [-0.25, -0.2) is 18.4 Å². The van der Waals surface area contributed by atoms with Crippen LogP contribution in [0.3, 0.4) is 0 Å². The van der Waals surface area contributed by atoms with Crippen molar-refractivity contribution in [3.8, 4) is 17.3 Å². The van der Waals surface area contributed by atoms with E-state index in [1.54, 1.807) is 6.92 Å². The van der Waals surface area contributed by atoms with Crippen molar-refractivity contribution in [3.05, 3.63) is 94.4 Å². The van der Waals surface area contributed by atoms with E-state index in [0.717, 1.165) is 68.5 Å². The molecule has 0 bridgehead atoms. The van der Waals surface area contributed by atoms with Crippen LogP contribution in [0.25, 0.3) is 16.6 Å². The van der Waals surface area contributed by atoms with Gasteiger partial charge < -0.3 is 20.8 Å². The third kappa shape index (κ3) is 4.94. The Morgan fingerprint density at radius 2 is 1.88 bits per heavy atom. The summed E-state index contributed by atoms with van der Waals surface area (Å²) in [5, 5.41) is 8.88. The third-order valence-electron chi connectivity index (χ3n) is 8.57. The number of nitrogen functional groups attached to an aromatic ring is 1. The summed E-state index contributed by atoms with van der Waals surface area (Å²) < 4.78 is 34.9. The maximum Gasteiger partial charge on any atom is 0.219 e. The fourth-order valence-electron chi connectivity index (χ4n) is 6.24. The van der Waals surface area contributed by atoms with Crippen LogP contribution in [-0.2, 0) is 13.0 Å². The van der Waals surface area contributed by atoms with Crippen LogP contribution < -0.4 is 15.8 Å². The molecule has 3 aromatic heterocycles. The molecule has 220 valence electrons. The molecule has 0 aliphatic carbocycles. The number of H-pyrrole nitrogens is 1. The minimum Gasteiger partial charge on any atom is -0.433 e. The molecular weight excluding hydrogens is 552 g/mol. The lowest BCUT2D eigenvalue weighted by molar-refractivity contribution is 0.103. The Kier molecular flexibility index (Phi) is 6.91. The van der Waals surface area contributed by atoms with Crippen LogP contribution >= 0.6 is 0 Å². The van der Waals surface area contributed by atoms with Gasteiger partial charge in [-0.15, -0.1) is 0 Å². The summed E-state index contributed by atoms with van der Waals surface area (Å²) in [4.78, 5) is 23.8. The van der Waals surface area contributed by atoms with Gasteiger partial charge in [0.05, 0.1) is 29.3 Å². The number of carbonyl (C=O) groups excluding carboxylic acids is 1. The number of carbonyl (C=O) groups is 1. The second-order valence-corrected chi connectivity index (χ2v) is 11.2. The zero-order chi connectivity index (χ0) is 29.7. The minimum absolute atomic E-state index is 0.00686. The standard InChI is InChI=1S/C32H31F2N7O2/c1-18-13-29(43-31-24(33)3-2-4-25(31)34)37-16-28(18)41-32(35)22(15-38-41)30(42)27-14-21-23-17-40(20-7-10-36-11-8-20)12-9-19(23)5-6-26(21)39-27/h2-6,13-16,20,36,39H,7-12,17,35H2,1H3. The topological polar surface area (TPSA) is 114 Å². The number of nitrogens with two attached hydrogens (primary N) is 1. The van der Waals surface area contributed by atoms with Gasteiger partial charge in [0, 0.05) is 36.1 Å². The van der Waals surface area contributed by atoms with E-state index in [1.807, 2.05) is 12.1 Å². The fourth-order valence-corrected chi connectivity index (χ4v) is 6.24. The maximum absolute atomic E-state index is 14.0. The molecule has 0 spiro atoms. The molecule has 11 heteroatoms. The van der Waals surface area contributed by atoms with Crippen LogP contribution in [0.4, 0.5) is 14.6 Å². The van der Waals surface area contributed by atoms with Gasteiger partial charge >= 0.3 is 0 Å². The Bertz CT molecular complexity index is 1840. The number of halogens is 2. The fraction of sp³-hybridized carbons (Fsp3) is 0.281. The number of pyridine rings is 1. The Labute approximate surface area is 246 Å². The summed E-state index contributed by atoms with van der Waals surface area (Å²) in [7, 11) is 0. The van der Waals surface area contributed by atoms with Gasteiger partial charge in [-0.3, -0.25) is 9.69 Å². The van der Waals surface area contributed by atoms with E-state index in [4.69, 9.17) is 10.5 Å². The lowest BCUT2D eigenvalue weighted by Crippen LogP contribution is -2.45. The minimum atomic E-state index is -0.834. The molecule has 7 rings (SSSR count). The van der Waals surface area contributed by atoms with E-state index in [2.05, 4.69) is 31.3 Å². The van der Waals surface area contributed by atoms with Gasteiger partial charge in [0.25, 0.3) is 0 Å². The highest BCUT2D eigenvalue weighted by molar-refractivity contribution is 6.12. The normalized spacial score (nSPS) is 16.0. The van der Waals surface area contributed by atoms with Crippen molar-refractivity contribution in [2.24, 2.45) is 0 Å².